The van der Waals surface area contributed by atoms with Crippen molar-refractivity contribution in [2.75, 3.05) is 11.9 Å². The minimum absolute atomic E-state index is 0.0152. The van der Waals surface area contributed by atoms with Crippen molar-refractivity contribution < 1.29 is 14.3 Å². The standard InChI is InChI=1S/C23H19N3O3S/c1-14-5-6-17(22-26-19-4-3-11-24-23(19)30-22)12-20(14)25-21(28)13-29-18-9-7-16(8-10-18)15(2)27/h3-12H,13H2,1-2H3,(H,25,28). The molecule has 0 spiro atoms. The third kappa shape index (κ3) is 4.36. The molecule has 0 atom stereocenters. The number of fused-ring (bicyclic) bond motifs is 1. The van der Waals surface area contributed by atoms with E-state index in [1.54, 1.807) is 30.5 Å². The maximum absolute atomic E-state index is 12.4. The molecular weight excluding hydrogens is 398 g/mol. The van der Waals surface area contributed by atoms with Crippen LogP contribution in [0.25, 0.3) is 20.9 Å². The van der Waals surface area contributed by atoms with Crippen molar-refractivity contribution in [3.63, 3.8) is 0 Å². The van der Waals surface area contributed by atoms with Gasteiger partial charge in [0.1, 0.15) is 21.1 Å². The van der Waals surface area contributed by atoms with E-state index in [-0.39, 0.29) is 18.3 Å². The van der Waals surface area contributed by atoms with Crippen LogP contribution in [0.3, 0.4) is 0 Å². The van der Waals surface area contributed by atoms with Gasteiger partial charge < -0.3 is 10.1 Å². The third-order valence-electron chi connectivity index (χ3n) is 4.56. The molecule has 0 radical (unpaired) electrons. The van der Waals surface area contributed by atoms with E-state index >= 15 is 0 Å². The molecule has 0 saturated heterocycles. The molecule has 4 aromatic rings. The molecule has 4 rings (SSSR count). The van der Waals surface area contributed by atoms with Crippen molar-refractivity contribution >= 4 is 39.1 Å². The smallest absolute Gasteiger partial charge is 0.262 e. The van der Waals surface area contributed by atoms with Crippen LogP contribution in [0.4, 0.5) is 5.69 Å². The summed E-state index contributed by atoms with van der Waals surface area (Å²) in [4.78, 5) is 33.6. The number of ketones is 1. The lowest BCUT2D eigenvalue weighted by molar-refractivity contribution is -0.118. The van der Waals surface area contributed by atoms with Gasteiger partial charge in [0, 0.05) is 23.0 Å². The second kappa shape index (κ2) is 8.42. The van der Waals surface area contributed by atoms with Gasteiger partial charge in [0.05, 0.1) is 0 Å². The summed E-state index contributed by atoms with van der Waals surface area (Å²) in [5.41, 5.74) is 4.02. The average Bonchev–Trinajstić information content (AvgIpc) is 3.18. The van der Waals surface area contributed by atoms with Crippen LogP contribution in [0.5, 0.6) is 5.75 Å². The first-order valence-electron chi connectivity index (χ1n) is 9.36. The van der Waals surface area contributed by atoms with E-state index in [2.05, 4.69) is 15.3 Å². The van der Waals surface area contributed by atoms with Gasteiger partial charge in [0.2, 0.25) is 0 Å². The van der Waals surface area contributed by atoms with E-state index in [1.165, 1.54) is 18.3 Å². The molecule has 0 aliphatic rings. The fraction of sp³-hybridized carbons (Fsp3) is 0.130. The highest BCUT2D eigenvalue weighted by atomic mass is 32.1. The summed E-state index contributed by atoms with van der Waals surface area (Å²) < 4.78 is 5.53. The number of pyridine rings is 1. The normalized spacial score (nSPS) is 10.7. The van der Waals surface area contributed by atoms with Gasteiger partial charge in [-0.2, -0.15) is 0 Å². The van der Waals surface area contributed by atoms with E-state index in [4.69, 9.17) is 4.74 Å². The van der Waals surface area contributed by atoms with Gasteiger partial charge in [-0.05, 0) is 61.9 Å². The maximum Gasteiger partial charge on any atom is 0.262 e. The van der Waals surface area contributed by atoms with Gasteiger partial charge in [-0.25, -0.2) is 9.97 Å². The molecular formula is C23H19N3O3S. The molecule has 0 aliphatic heterocycles. The number of rotatable bonds is 6. The van der Waals surface area contributed by atoms with Crippen LogP contribution in [-0.4, -0.2) is 28.3 Å². The quantitative estimate of drug-likeness (QED) is 0.452. The summed E-state index contributed by atoms with van der Waals surface area (Å²) in [7, 11) is 0. The lowest BCUT2D eigenvalue weighted by atomic mass is 10.1. The number of thiazole rings is 1. The minimum Gasteiger partial charge on any atom is -0.484 e. The van der Waals surface area contributed by atoms with Crippen molar-refractivity contribution in [3.8, 4) is 16.3 Å². The van der Waals surface area contributed by atoms with Crippen molar-refractivity contribution in [2.24, 2.45) is 0 Å². The Morgan fingerprint density at radius 2 is 1.90 bits per heavy atom. The number of aryl methyl sites for hydroxylation is 1. The Labute approximate surface area is 177 Å². The Balaban J connectivity index is 1.45. The van der Waals surface area contributed by atoms with Crippen molar-refractivity contribution in [1.82, 2.24) is 9.97 Å². The highest BCUT2D eigenvalue weighted by Crippen LogP contribution is 2.31. The van der Waals surface area contributed by atoms with E-state index in [1.807, 2.05) is 37.3 Å². The molecule has 1 amide bonds. The van der Waals surface area contributed by atoms with Gasteiger partial charge in [0.25, 0.3) is 5.91 Å². The SMILES string of the molecule is CC(=O)c1ccc(OCC(=O)Nc2cc(-c3nc4cccnc4s3)ccc2C)cc1. The highest BCUT2D eigenvalue weighted by molar-refractivity contribution is 7.21. The summed E-state index contributed by atoms with van der Waals surface area (Å²) in [6, 6.07) is 16.3. The van der Waals surface area contributed by atoms with E-state index in [9.17, 15) is 9.59 Å². The Kier molecular flexibility index (Phi) is 5.54. The van der Waals surface area contributed by atoms with Crippen molar-refractivity contribution in [2.45, 2.75) is 13.8 Å². The number of carbonyl (C=O) groups is 2. The molecule has 0 fully saturated rings. The molecule has 0 aliphatic carbocycles. The summed E-state index contributed by atoms with van der Waals surface area (Å²) in [6.45, 7) is 3.30. The Bertz CT molecular complexity index is 1200. The third-order valence-corrected chi connectivity index (χ3v) is 5.58. The van der Waals surface area contributed by atoms with Crippen LogP contribution in [0.1, 0.15) is 22.8 Å². The summed E-state index contributed by atoms with van der Waals surface area (Å²) in [5.74, 6) is 0.248. The molecule has 2 aromatic heterocycles. The summed E-state index contributed by atoms with van der Waals surface area (Å²) >= 11 is 1.51. The monoisotopic (exact) mass is 417 g/mol. The number of Topliss-reactive ketones (excluding diaryl/α,β-unsaturated/α-hetero) is 1. The predicted octanol–water partition coefficient (Wildman–Crippen LogP) is 4.89. The van der Waals surface area contributed by atoms with Crippen LogP contribution < -0.4 is 10.1 Å². The van der Waals surface area contributed by atoms with Gasteiger partial charge >= 0.3 is 0 Å². The number of aromatic nitrogens is 2. The Morgan fingerprint density at radius 1 is 1.10 bits per heavy atom. The first-order valence-corrected chi connectivity index (χ1v) is 10.2. The number of amides is 1. The van der Waals surface area contributed by atoms with Crippen LogP contribution in [-0.2, 0) is 4.79 Å². The number of benzene rings is 2. The van der Waals surface area contributed by atoms with E-state index in [0.717, 1.165) is 26.5 Å². The van der Waals surface area contributed by atoms with Crippen LogP contribution in [0.15, 0.2) is 60.8 Å². The lowest BCUT2D eigenvalue weighted by Gasteiger charge is -2.11. The second-order valence-electron chi connectivity index (χ2n) is 6.79. The molecule has 7 heteroatoms. The van der Waals surface area contributed by atoms with Gasteiger partial charge in [-0.3, -0.25) is 9.59 Å². The predicted molar refractivity (Wildman–Crippen MR) is 118 cm³/mol. The number of carbonyl (C=O) groups excluding carboxylic acids is 2. The number of nitrogens with zero attached hydrogens (tertiary/aromatic N) is 2. The highest BCUT2D eigenvalue weighted by Gasteiger charge is 2.11. The lowest BCUT2D eigenvalue weighted by Crippen LogP contribution is -2.20. The van der Waals surface area contributed by atoms with Gasteiger partial charge in [-0.15, -0.1) is 0 Å². The molecule has 6 nitrogen and oxygen atoms in total. The van der Waals surface area contributed by atoms with Crippen LogP contribution in [0, 0.1) is 6.92 Å². The molecule has 2 aromatic carbocycles. The van der Waals surface area contributed by atoms with E-state index < -0.39 is 0 Å². The fourth-order valence-electron chi connectivity index (χ4n) is 2.90. The molecule has 0 bridgehead atoms. The van der Waals surface area contributed by atoms with Crippen LogP contribution >= 0.6 is 11.3 Å². The molecule has 30 heavy (non-hydrogen) atoms. The number of hydrogen-bond acceptors (Lipinski definition) is 6. The first-order chi connectivity index (χ1) is 14.5. The van der Waals surface area contributed by atoms with Crippen molar-refractivity contribution in [3.05, 3.63) is 71.9 Å². The maximum atomic E-state index is 12.4. The number of hydrogen-bond donors (Lipinski definition) is 1. The number of ether oxygens (including phenoxy) is 1. The Hall–Kier alpha value is -3.58. The molecule has 0 unspecified atom stereocenters. The molecule has 0 saturated carbocycles. The summed E-state index contributed by atoms with van der Waals surface area (Å²) in [5, 5.41) is 3.75. The Morgan fingerprint density at radius 3 is 2.63 bits per heavy atom. The van der Waals surface area contributed by atoms with Crippen molar-refractivity contribution in [1.29, 1.82) is 0 Å². The van der Waals surface area contributed by atoms with Gasteiger partial charge in [0.15, 0.2) is 12.4 Å². The second-order valence-corrected chi connectivity index (χ2v) is 7.77. The zero-order chi connectivity index (χ0) is 21.1. The summed E-state index contributed by atoms with van der Waals surface area (Å²) in [6.07, 6.45) is 1.75. The zero-order valence-corrected chi connectivity index (χ0v) is 17.3. The fourth-order valence-corrected chi connectivity index (χ4v) is 3.81. The minimum atomic E-state index is -0.267. The van der Waals surface area contributed by atoms with E-state index in [0.29, 0.717) is 17.0 Å². The zero-order valence-electron chi connectivity index (χ0n) is 16.5. The number of anilines is 1. The van der Waals surface area contributed by atoms with Gasteiger partial charge in [-0.1, -0.05) is 23.5 Å². The largest absolute Gasteiger partial charge is 0.484 e. The number of nitrogens with one attached hydrogen (secondary N) is 1. The molecule has 150 valence electrons. The topological polar surface area (TPSA) is 81.2 Å². The molecule has 2 heterocycles. The first kappa shape index (κ1) is 19.7. The van der Waals surface area contributed by atoms with Crippen LogP contribution in [0.2, 0.25) is 0 Å². The molecule has 1 N–H and O–H groups in total. The average molecular weight is 417 g/mol.